The van der Waals surface area contributed by atoms with Crippen molar-refractivity contribution in [2.75, 3.05) is 55.7 Å². The van der Waals surface area contributed by atoms with Gasteiger partial charge in [-0.1, -0.05) is 13.3 Å². The first-order valence-corrected chi connectivity index (χ1v) is 13.2. The fourth-order valence-electron chi connectivity index (χ4n) is 2.63. The van der Waals surface area contributed by atoms with Gasteiger partial charge in [-0.05, 0) is 19.3 Å². The molecule has 0 fully saturated rings. The van der Waals surface area contributed by atoms with Gasteiger partial charge in [-0.25, -0.2) is 0 Å². The van der Waals surface area contributed by atoms with E-state index in [4.69, 9.17) is 26.6 Å². The van der Waals surface area contributed by atoms with Gasteiger partial charge in [0.15, 0.2) is 0 Å². The lowest BCUT2D eigenvalue weighted by Crippen LogP contribution is -2.42. The highest BCUT2D eigenvalue weighted by Gasteiger charge is 2.37. The number of rotatable bonds is 17. The van der Waals surface area contributed by atoms with E-state index in [0.29, 0.717) is 13.1 Å². The topological polar surface area (TPSA) is 80.1 Å². The van der Waals surface area contributed by atoms with Gasteiger partial charge in [0.05, 0.1) is 5.71 Å². The molecule has 0 aromatic carbocycles. The average Bonchev–Trinajstić information content (AvgIpc) is 2.71. The van der Waals surface area contributed by atoms with Gasteiger partial charge in [-0.3, -0.25) is 9.98 Å². The summed E-state index contributed by atoms with van der Waals surface area (Å²) in [5.74, 6) is 0. The Hall–Kier alpha value is -0.466. The fourth-order valence-corrected chi connectivity index (χ4v) is 6.03. The monoisotopic (exact) mass is 422 g/mol. The molecule has 160 valence electrons. The van der Waals surface area contributed by atoms with Gasteiger partial charge < -0.3 is 26.6 Å². The molecule has 10 heteroatoms. The van der Waals surface area contributed by atoms with Crippen LogP contribution in [-0.2, 0) is 26.6 Å². The summed E-state index contributed by atoms with van der Waals surface area (Å²) >= 11 is 0. The molecular weight excluding hydrogens is 384 g/mol. The van der Waals surface area contributed by atoms with Crippen LogP contribution in [0, 0.1) is 0 Å². The molecule has 0 bridgehead atoms. The lowest BCUT2D eigenvalue weighted by molar-refractivity contribution is 0.122. The predicted octanol–water partition coefficient (Wildman–Crippen LogP) is 2.83. The minimum Gasteiger partial charge on any atom is -0.377 e. The summed E-state index contributed by atoms with van der Waals surface area (Å²) in [5.41, 5.74) is 1.02. The molecule has 0 atom stereocenters. The molecule has 0 unspecified atom stereocenters. The molecule has 0 saturated carbocycles. The molecule has 0 aromatic heterocycles. The maximum Gasteiger partial charge on any atom is 0.500 e. The van der Waals surface area contributed by atoms with E-state index in [1.54, 1.807) is 42.7 Å². The molecule has 0 N–H and O–H groups in total. The minimum atomic E-state index is -2.51. The van der Waals surface area contributed by atoms with Crippen LogP contribution in [0.1, 0.15) is 32.6 Å². The molecule has 0 radical (unpaired) electrons. The zero-order valence-corrected chi connectivity index (χ0v) is 20.1. The van der Waals surface area contributed by atoms with Gasteiger partial charge in [0.2, 0.25) is 0 Å². The third-order valence-corrected chi connectivity index (χ3v) is 10.0. The van der Waals surface area contributed by atoms with Crippen LogP contribution in [0.4, 0.5) is 0 Å². The molecular formula is C17H38N2O6Si2. The molecule has 0 aliphatic carbocycles. The number of aliphatic imine (C=N–C) groups is 2. The van der Waals surface area contributed by atoms with Crippen LogP contribution in [0.25, 0.3) is 0 Å². The Kier molecular flexibility index (Phi) is 15.2. The zero-order valence-electron chi connectivity index (χ0n) is 18.1. The summed E-state index contributed by atoms with van der Waals surface area (Å²) in [6.45, 7) is 3.54. The van der Waals surface area contributed by atoms with Crippen LogP contribution in [-0.4, -0.2) is 85.3 Å². The Labute approximate surface area is 167 Å². The summed E-state index contributed by atoms with van der Waals surface area (Å²) in [5, 5.41) is 0. The van der Waals surface area contributed by atoms with Gasteiger partial charge in [0.25, 0.3) is 0 Å². The van der Waals surface area contributed by atoms with E-state index in [0.717, 1.165) is 43.5 Å². The van der Waals surface area contributed by atoms with E-state index < -0.39 is 17.6 Å². The number of hydrogen-bond acceptors (Lipinski definition) is 8. The standard InChI is InChI=1S/C17H38N2O6Si2/c1-8-11-17(19-13-10-15-27(23-5,24-6)25-7)16-18-12-9-14-26(20-2,21-3)22-4/h16H,8-15H2,1-7H3. The molecule has 0 aliphatic heterocycles. The molecule has 0 saturated heterocycles. The Balaban J connectivity index is 4.46. The lowest BCUT2D eigenvalue weighted by atomic mass is 10.2. The highest BCUT2D eigenvalue weighted by molar-refractivity contribution is 6.60. The van der Waals surface area contributed by atoms with Gasteiger partial charge >= 0.3 is 17.6 Å². The van der Waals surface area contributed by atoms with Gasteiger partial charge in [0.1, 0.15) is 0 Å². The molecule has 0 aromatic rings. The third-order valence-electron chi connectivity index (χ3n) is 4.34. The van der Waals surface area contributed by atoms with Crippen molar-refractivity contribution in [3.8, 4) is 0 Å². The highest BCUT2D eigenvalue weighted by atomic mass is 28.4. The SMILES string of the molecule is CCCC(C=NCCC[Si](OC)(OC)OC)=NCCC[Si](OC)(OC)OC. The molecule has 0 rings (SSSR count). The maximum atomic E-state index is 5.43. The van der Waals surface area contributed by atoms with Crippen molar-refractivity contribution in [3.63, 3.8) is 0 Å². The van der Waals surface area contributed by atoms with Crippen molar-refractivity contribution >= 4 is 29.5 Å². The number of nitrogens with zero attached hydrogens (tertiary/aromatic N) is 2. The van der Waals surface area contributed by atoms with Crippen molar-refractivity contribution in [2.45, 2.75) is 44.7 Å². The van der Waals surface area contributed by atoms with Crippen LogP contribution >= 0.6 is 0 Å². The van der Waals surface area contributed by atoms with E-state index in [1.807, 2.05) is 6.21 Å². The first-order chi connectivity index (χ1) is 13.0. The second kappa shape index (κ2) is 15.5. The van der Waals surface area contributed by atoms with Gasteiger partial charge in [-0.15, -0.1) is 0 Å². The summed E-state index contributed by atoms with van der Waals surface area (Å²) < 4.78 is 32.5. The Morgan fingerprint density at radius 1 is 0.741 bits per heavy atom. The summed E-state index contributed by atoms with van der Waals surface area (Å²) in [4.78, 5) is 9.18. The number of hydrogen-bond donors (Lipinski definition) is 0. The van der Waals surface area contributed by atoms with Gasteiger partial charge in [-0.2, -0.15) is 0 Å². The van der Waals surface area contributed by atoms with Crippen LogP contribution in [0.15, 0.2) is 9.98 Å². The van der Waals surface area contributed by atoms with Crippen LogP contribution in [0.3, 0.4) is 0 Å². The second-order valence-electron chi connectivity index (χ2n) is 5.96. The highest BCUT2D eigenvalue weighted by Crippen LogP contribution is 2.15. The minimum absolute atomic E-state index is 0.695. The normalized spacial score (nSPS) is 13.7. The lowest BCUT2D eigenvalue weighted by Gasteiger charge is -2.23. The van der Waals surface area contributed by atoms with Crippen LogP contribution in [0.5, 0.6) is 0 Å². The van der Waals surface area contributed by atoms with Crippen molar-refractivity contribution < 1.29 is 26.6 Å². The van der Waals surface area contributed by atoms with Crippen LogP contribution in [0.2, 0.25) is 12.1 Å². The molecule has 27 heavy (non-hydrogen) atoms. The summed E-state index contributed by atoms with van der Waals surface area (Å²) in [6.07, 6.45) is 5.53. The Morgan fingerprint density at radius 3 is 1.59 bits per heavy atom. The van der Waals surface area contributed by atoms with Crippen molar-refractivity contribution in [3.05, 3.63) is 0 Å². The molecule has 0 amide bonds. The Bertz CT molecular complexity index is 413. The van der Waals surface area contributed by atoms with E-state index >= 15 is 0 Å². The molecule has 8 nitrogen and oxygen atoms in total. The van der Waals surface area contributed by atoms with E-state index in [-0.39, 0.29) is 0 Å². The van der Waals surface area contributed by atoms with E-state index in [1.165, 1.54) is 0 Å². The van der Waals surface area contributed by atoms with Crippen molar-refractivity contribution in [2.24, 2.45) is 9.98 Å². The van der Waals surface area contributed by atoms with E-state index in [2.05, 4.69) is 16.9 Å². The quantitative estimate of drug-likeness (QED) is 0.204. The largest absolute Gasteiger partial charge is 0.500 e. The average molecular weight is 423 g/mol. The molecule has 0 heterocycles. The summed E-state index contributed by atoms with van der Waals surface area (Å²) in [6, 6.07) is 1.49. The maximum absolute atomic E-state index is 5.43. The zero-order chi connectivity index (χ0) is 20.6. The first kappa shape index (κ1) is 26.5. The summed E-state index contributed by atoms with van der Waals surface area (Å²) in [7, 11) is 4.77. The van der Waals surface area contributed by atoms with Crippen molar-refractivity contribution in [1.29, 1.82) is 0 Å². The smallest absolute Gasteiger partial charge is 0.377 e. The second-order valence-corrected chi connectivity index (χ2v) is 12.1. The first-order valence-electron chi connectivity index (χ1n) is 9.34. The fraction of sp³-hybridized carbons (Fsp3) is 0.882. The van der Waals surface area contributed by atoms with Crippen LogP contribution < -0.4 is 0 Å². The molecule has 0 aliphatic rings. The van der Waals surface area contributed by atoms with Crippen molar-refractivity contribution in [1.82, 2.24) is 0 Å². The van der Waals surface area contributed by atoms with E-state index in [9.17, 15) is 0 Å². The predicted molar refractivity (Wildman–Crippen MR) is 113 cm³/mol. The molecule has 0 spiro atoms. The third kappa shape index (κ3) is 10.0. The Morgan fingerprint density at radius 2 is 1.19 bits per heavy atom. The van der Waals surface area contributed by atoms with Gasteiger partial charge in [0, 0.05) is 74.1 Å².